The van der Waals surface area contributed by atoms with Crippen molar-refractivity contribution < 1.29 is 19.0 Å². The zero-order valence-electron chi connectivity index (χ0n) is 20.9. The van der Waals surface area contributed by atoms with Crippen molar-refractivity contribution in [2.24, 2.45) is 7.05 Å². The van der Waals surface area contributed by atoms with E-state index in [1.165, 1.54) is 6.07 Å². The number of hydrogen-bond acceptors (Lipinski definition) is 5. The summed E-state index contributed by atoms with van der Waals surface area (Å²) in [4.78, 5) is 17.6. The SMILES string of the molecule is Cc1cc(O)c(CN2CCN(c3ccccc3F)CC2)c2c1C(=O)/C(=C\c1cn(C)c3ccccc13)O2. The van der Waals surface area contributed by atoms with Gasteiger partial charge in [-0.3, -0.25) is 9.69 Å². The summed E-state index contributed by atoms with van der Waals surface area (Å²) in [6.45, 7) is 4.99. The van der Waals surface area contributed by atoms with Crippen LogP contribution in [0.2, 0.25) is 0 Å². The summed E-state index contributed by atoms with van der Waals surface area (Å²) in [5.41, 5.74) is 4.38. The third-order valence-electron chi connectivity index (χ3n) is 7.38. The number of ether oxygens (including phenoxy) is 1. The fraction of sp³-hybridized carbons (Fsp3) is 0.233. The molecule has 0 saturated carbocycles. The van der Waals surface area contributed by atoms with Crippen LogP contribution in [0.5, 0.6) is 11.5 Å². The van der Waals surface area contributed by atoms with Crippen LogP contribution in [-0.2, 0) is 13.6 Å². The number of nitrogens with zero attached hydrogens (tertiary/aromatic N) is 3. The number of rotatable bonds is 4. The maximum atomic E-state index is 14.2. The minimum atomic E-state index is -0.220. The first-order chi connectivity index (χ1) is 17.9. The maximum absolute atomic E-state index is 14.2. The highest BCUT2D eigenvalue weighted by molar-refractivity contribution is 6.16. The monoisotopic (exact) mass is 497 g/mol. The highest BCUT2D eigenvalue weighted by Crippen LogP contribution is 2.42. The van der Waals surface area contributed by atoms with E-state index in [2.05, 4.69) is 4.90 Å². The summed E-state index contributed by atoms with van der Waals surface area (Å²) in [5, 5.41) is 11.9. The average molecular weight is 498 g/mol. The Bertz CT molecular complexity index is 1560. The summed E-state index contributed by atoms with van der Waals surface area (Å²) in [7, 11) is 1.97. The molecule has 1 aromatic heterocycles. The molecule has 0 unspecified atom stereocenters. The lowest BCUT2D eigenvalue weighted by molar-refractivity contribution is 0.101. The summed E-state index contributed by atoms with van der Waals surface area (Å²) >= 11 is 0. The van der Waals surface area contributed by atoms with Crippen molar-refractivity contribution in [1.82, 2.24) is 9.47 Å². The number of benzene rings is 3. The number of aromatic nitrogens is 1. The van der Waals surface area contributed by atoms with Gasteiger partial charge in [0.25, 0.3) is 0 Å². The molecule has 1 N–H and O–H groups in total. The number of carbonyl (C=O) groups is 1. The Morgan fingerprint density at radius 3 is 2.57 bits per heavy atom. The number of allylic oxidation sites excluding steroid dienone is 1. The number of aromatic hydroxyl groups is 1. The summed E-state index contributed by atoms with van der Waals surface area (Å²) in [6.07, 6.45) is 3.77. The smallest absolute Gasteiger partial charge is 0.232 e. The Balaban J connectivity index is 1.26. The molecule has 0 spiro atoms. The molecule has 0 bridgehead atoms. The molecule has 2 aliphatic heterocycles. The summed E-state index contributed by atoms with van der Waals surface area (Å²) in [5.74, 6) is 0.414. The Kier molecular flexibility index (Phi) is 5.72. The Hall–Kier alpha value is -4.10. The standard InChI is InChI=1S/C30H28FN3O3/c1-19-15-26(35)22(18-33-11-13-34(14-12-33)25-10-6-4-8-23(25)31)30-28(19)29(36)27(37-30)16-20-17-32(2)24-9-5-3-7-21(20)24/h3-10,15-17,35H,11-14,18H2,1-2H3/b27-16+. The molecule has 3 aromatic carbocycles. The Labute approximate surface area is 214 Å². The minimum absolute atomic E-state index is 0.118. The van der Waals surface area contributed by atoms with Gasteiger partial charge in [-0.05, 0) is 42.8 Å². The number of phenols is 1. The van der Waals surface area contributed by atoms with Gasteiger partial charge in [-0.1, -0.05) is 30.3 Å². The Morgan fingerprint density at radius 1 is 1.05 bits per heavy atom. The zero-order valence-corrected chi connectivity index (χ0v) is 20.9. The van der Waals surface area contributed by atoms with E-state index in [0.29, 0.717) is 60.9 Å². The van der Waals surface area contributed by atoms with Crippen LogP contribution in [0.15, 0.2) is 66.6 Å². The second-order valence-corrected chi connectivity index (χ2v) is 9.76. The molecule has 0 amide bonds. The minimum Gasteiger partial charge on any atom is -0.507 e. The second kappa shape index (κ2) is 9.09. The van der Waals surface area contributed by atoms with Gasteiger partial charge in [-0.2, -0.15) is 0 Å². The van der Waals surface area contributed by atoms with Crippen molar-refractivity contribution in [2.75, 3.05) is 31.1 Å². The first-order valence-corrected chi connectivity index (χ1v) is 12.5. The highest BCUT2D eigenvalue weighted by atomic mass is 19.1. The van der Waals surface area contributed by atoms with Crippen LogP contribution in [-0.4, -0.2) is 46.5 Å². The number of fused-ring (bicyclic) bond motifs is 2. The van der Waals surface area contributed by atoms with Gasteiger partial charge in [0.15, 0.2) is 5.76 Å². The molecule has 6 nitrogen and oxygen atoms in total. The molecule has 4 aromatic rings. The summed E-state index contributed by atoms with van der Waals surface area (Å²) < 4.78 is 22.4. The van der Waals surface area contributed by atoms with Gasteiger partial charge >= 0.3 is 0 Å². The zero-order chi connectivity index (χ0) is 25.7. The number of Topliss-reactive ketones (excluding diaryl/α,β-unsaturated/α-hetero) is 1. The topological polar surface area (TPSA) is 57.9 Å². The molecule has 0 atom stereocenters. The number of ketones is 1. The van der Waals surface area contributed by atoms with Crippen molar-refractivity contribution in [1.29, 1.82) is 0 Å². The fourth-order valence-electron chi connectivity index (χ4n) is 5.44. The molecule has 1 saturated heterocycles. The molecule has 6 rings (SSSR count). The lowest BCUT2D eigenvalue weighted by Crippen LogP contribution is -2.46. The quantitative estimate of drug-likeness (QED) is 0.390. The van der Waals surface area contributed by atoms with E-state index in [1.807, 2.05) is 60.0 Å². The van der Waals surface area contributed by atoms with Gasteiger partial charge in [-0.15, -0.1) is 0 Å². The predicted molar refractivity (Wildman–Crippen MR) is 143 cm³/mol. The highest BCUT2D eigenvalue weighted by Gasteiger charge is 2.34. The van der Waals surface area contributed by atoms with Crippen molar-refractivity contribution in [3.63, 3.8) is 0 Å². The van der Waals surface area contributed by atoms with Crippen LogP contribution in [0.25, 0.3) is 17.0 Å². The van der Waals surface area contributed by atoms with E-state index < -0.39 is 0 Å². The summed E-state index contributed by atoms with van der Waals surface area (Å²) in [6, 6.07) is 16.5. The van der Waals surface area contributed by atoms with Crippen molar-refractivity contribution in [2.45, 2.75) is 13.5 Å². The van der Waals surface area contributed by atoms with Crippen LogP contribution >= 0.6 is 0 Å². The number of phenolic OH excluding ortho intramolecular Hbond substituents is 1. The molecule has 0 aliphatic carbocycles. The largest absolute Gasteiger partial charge is 0.507 e. The third kappa shape index (κ3) is 4.05. The van der Waals surface area contributed by atoms with Crippen LogP contribution in [0, 0.1) is 12.7 Å². The van der Waals surface area contributed by atoms with E-state index in [1.54, 1.807) is 24.3 Å². The molecule has 7 heteroatoms. The number of para-hydroxylation sites is 2. The van der Waals surface area contributed by atoms with E-state index in [9.17, 15) is 14.3 Å². The molecule has 2 aliphatic rings. The predicted octanol–water partition coefficient (Wildman–Crippen LogP) is 5.27. The van der Waals surface area contributed by atoms with Crippen molar-refractivity contribution >= 4 is 28.4 Å². The number of anilines is 1. The molecule has 1 fully saturated rings. The van der Waals surface area contributed by atoms with Gasteiger partial charge in [0, 0.05) is 62.4 Å². The van der Waals surface area contributed by atoms with Gasteiger partial charge in [-0.25, -0.2) is 4.39 Å². The second-order valence-electron chi connectivity index (χ2n) is 9.76. The number of halogens is 1. The van der Waals surface area contributed by atoms with Crippen molar-refractivity contribution in [3.8, 4) is 11.5 Å². The van der Waals surface area contributed by atoms with E-state index in [-0.39, 0.29) is 23.1 Å². The Morgan fingerprint density at radius 2 is 1.78 bits per heavy atom. The van der Waals surface area contributed by atoms with Crippen LogP contribution < -0.4 is 9.64 Å². The van der Waals surface area contributed by atoms with Gasteiger partial charge in [0.05, 0.1) is 16.8 Å². The molecule has 37 heavy (non-hydrogen) atoms. The van der Waals surface area contributed by atoms with Gasteiger partial charge in [0.2, 0.25) is 5.78 Å². The lowest BCUT2D eigenvalue weighted by Gasteiger charge is -2.36. The average Bonchev–Trinajstić information content (AvgIpc) is 3.39. The molecule has 188 valence electrons. The maximum Gasteiger partial charge on any atom is 0.232 e. The van der Waals surface area contributed by atoms with E-state index >= 15 is 0 Å². The van der Waals surface area contributed by atoms with E-state index in [0.717, 1.165) is 16.5 Å². The van der Waals surface area contributed by atoms with Gasteiger partial charge < -0.3 is 19.3 Å². The molecule has 3 heterocycles. The fourth-order valence-corrected chi connectivity index (χ4v) is 5.44. The first-order valence-electron chi connectivity index (χ1n) is 12.5. The third-order valence-corrected chi connectivity index (χ3v) is 7.38. The van der Waals surface area contributed by atoms with Crippen LogP contribution in [0.3, 0.4) is 0 Å². The number of hydrogen-bond donors (Lipinski definition) is 1. The van der Waals surface area contributed by atoms with E-state index in [4.69, 9.17) is 4.74 Å². The molecular formula is C30H28FN3O3. The number of piperazine rings is 1. The van der Waals surface area contributed by atoms with Crippen LogP contribution in [0.4, 0.5) is 10.1 Å². The molecular weight excluding hydrogens is 469 g/mol. The first kappa shape index (κ1) is 23.3. The number of aryl methyl sites for hydroxylation is 2. The molecule has 0 radical (unpaired) electrons. The normalized spacial score (nSPS) is 17.0. The van der Waals surface area contributed by atoms with Crippen molar-refractivity contribution in [3.05, 3.63) is 94.6 Å². The van der Waals surface area contributed by atoms with Gasteiger partial charge in [0.1, 0.15) is 17.3 Å². The lowest BCUT2D eigenvalue weighted by atomic mass is 9.99. The number of carbonyl (C=O) groups excluding carboxylic acids is 1. The van der Waals surface area contributed by atoms with Crippen LogP contribution in [0.1, 0.15) is 27.0 Å².